The Kier molecular flexibility index (Phi) is 10.8. The topological polar surface area (TPSA) is 52.6 Å². The summed E-state index contributed by atoms with van der Waals surface area (Å²) < 4.78 is 70.9. The number of halogens is 5. The molecule has 30 heavy (non-hydrogen) atoms. The highest BCUT2D eigenvalue weighted by Crippen LogP contribution is 2.35. The van der Waals surface area contributed by atoms with Gasteiger partial charge < -0.3 is 9.47 Å². The number of ether oxygens (including phenoxy) is 2. The molecule has 0 N–H and O–H groups in total. The molecular weight excluding hydrogens is 411 g/mol. The quantitative estimate of drug-likeness (QED) is 0.205. The molecule has 0 radical (unpaired) electrons. The fourth-order valence-corrected chi connectivity index (χ4v) is 2.55. The van der Waals surface area contributed by atoms with E-state index in [1.807, 2.05) is 0 Å². The molecule has 4 nitrogen and oxygen atoms in total. The molecule has 0 fully saturated rings. The van der Waals surface area contributed by atoms with Crippen molar-refractivity contribution in [1.29, 1.82) is 0 Å². The van der Waals surface area contributed by atoms with Crippen LogP contribution in [0, 0.1) is 0 Å². The second kappa shape index (κ2) is 12.5. The van der Waals surface area contributed by atoms with Crippen molar-refractivity contribution in [2.24, 2.45) is 0 Å². The van der Waals surface area contributed by atoms with Crippen molar-refractivity contribution in [3.05, 3.63) is 35.4 Å². The molecule has 0 aliphatic carbocycles. The van der Waals surface area contributed by atoms with Crippen LogP contribution in [0.25, 0.3) is 0 Å². The molecule has 0 saturated carbocycles. The summed E-state index contributed by atoms with van der Waals surface area (Å²) in [6.45, 7) is 0.301. The molecular formula is C21H27F5O4. The number of alkyl halides is 5. The van der Waals surface area contributed by atoms with Gasteiger partial charge in [-0.15, -0.1) is 0 Å². The maximum Gasteiger partial charge on any atom is 0.456 e. The molecule has 1 aromatic carbocycles. The van der Waals surface area contributed by atoms with Crippen molar-refractivity contribution in [3.8, 4) is 0 Å². The Morgan fingerprint density at radius 3 is 1.63 bits per heavy atom. The lowest BCUT2D eigenvalue weighted by atomic mass is 10.1. The summed E-state index contributed by atoms with van der Waals surface area (Å²) in [4.78, 5) is 23.6. The third-order valence-electron chi connectivity index (χ3n) is 4.39. The van der Waals surface area contributed by atoms with Gasteiger partial charge in [0.05, 0.1) is 17.7 Å². The summed E-state index contributed by atoms with van der Waals surface area (Å²) in [5, 5.41) is 0. The third kappa shape index (κ3) is 9.09. The van der Waals surface area contributed by atoms with Crippen LogP contribution < -0.4 is 0 Å². The van der Waals surface area contributed by atoms with E-state index in [0.29, 0.717) is 0 Å². The fraction of sp³-hybridized carbons (Fsp3) is 0.619. The zero-order valence-corrected chi connectivity index (χ0v) is 16.9. The first-order chi connectivity index (χ1) is 14.1. The van der Waals surface area contributed by atoms with E-state index in [0.717, 1.165) is 37.8 Å². The van der Waals surface area contributed by atoms with Crippen molar-refractivity contribution < 1.29 is 41.0 Å². The molecule has 0 amide bonds. The van der Waals surface area contributed by atoms with Gasteiger partial charge in [0.1, 0.15) is 0 Å². The van der Waals surface area contributed by atoms with Crippen LogP contribution in [0.15, 0.2) is 24.3 Å². The summed E-state index contributed by atoms with van der Waals surface area (Å²) in [7, 11) is 0. The van der Waals surface area contributed by atoms with Gasteiger partial charge in [0.2, 0.25) is 0 Å². The predicted molar refractivity (Wildman–Crippen MR) is 101 cm³/mol. The van der Waals surface area contributed by atoms with Crippen LogP contribution in [0.3, 0.4) is 0 Å². The second-order valence-electron chi connectivity index (χ2n) is 6.97. The minimum absolute atomic E-state index is 0.131. The van der Waals surface area contributed by atoms with Crippen molar-refractivity contribution in [2.75, 3.05) is 13.2 Å². The Labute approximate surface area is 172 Å². The number of carbonyl (C=O) groups excluding carboxylic acids is 2. The molecule has 0 saturated heterocycles. The van der Waals surface area contributed by atoms with E-state index in [1.54, 1.807) is 0 Å². The van der Waals surface area contributed by atoms with Gasteiger partial charge in [-0.05, 0) is 30.7 Å². The number of esters is 2. The van der Waals surface area contributed by atoms with Crippen LogP contribution in [0.2, 0.25) is 0 Å². The Bertz CT molecular complexity index is 656. The van der Waals surface area contributed by atoms with Crippen LogP contribution in [0.1, 0.15) is 79.0 Å². The van der Waals surface area contributed by atoms with Gasteiger partial charge in [-0.25, -0.2) is 9.59 Å². The molecule has 0 unspecified atom stereocenters. The zero-order valence-electron chi connectivity index (χ0n) is 16.9. The molecule has 0 heterocycles. The Hall–Kier alpha value is -2.19. The number of rotatable bonds is 13. The van der Waals surface area contributed by atoms with Gasteiger partial charge in [-0.1, -0.05) is 51.9 Å². The molecule has 1 rings (SSSR count). The fourth-order valence-electron chi connectivity index (χ4n) is 2.55. The van der Waals surface area contributed by atoms with Gasteiger partial charge in [0.25, 0.3) is 0 Å². The number of hydrogen-bond donors (Lipinski definition) is 0. The Balaban J connectivity index is 2.34. The van der Waals surface area contributed by atoms with Gasteiger partial charge in [-0.3, -0.25) is 0 Å². The van der Waals surface area contributed by atoms with E-state index in [4.69, 9.17) is 4.74 Å². The van der Waals surface area contributed by atoms with Crippen molar-refractivity contribution in [1.82, 2.24) is 0 Å². The smallest absolute Gasteiger partial charge is 0.456 e. The van der Waals surface area contributed by atoms with E-state index in [9.17, 15) is 31.5 Å². The van der Waals surface area contributed by atoms with Crippen LogP contribution in [-0.4, -0.2) is 37.3 Å². The monoisotopic (exact) mass is 438 g/mol. The number of hydrogen-bond acceptors (Lipinski definition) is 4. The first kappa shape index (κ1) is 25.8. The lowest BCUT2D eigenvalue weighted by molar-refractivity contribution is -0.292. The molecule has 9 heteroatoms. The summed E-state index contributed by atoms with van der Waals surface area (Å²) in [6.07, 6.45) is 2.99. The first-order valence-electron chi connectivity index (χ1n) is 9.97. The van der Waals surface area contributed by atoms with Gasteiger partial charge in [0, 0.05) is 0 Å². The molecule has 170 valence electrons. The normalized spacial score (nSPS) is 11.9. The molecule has 0 aliphatic heterocycles. The molecule has 0 aromatic heterocycles. The standard InChI is InChI=1S/C21H27F5O4/c1-2-3-4-5-6-7-8-9-14-29-18(27)16-10-12-17(13-11-16)19(28)30-15-20(22,23)21(24,25)26/h10-13H,2-9,14-15H2,1H3. The summed E-state index contributed by atoms with van der Waals surface area (Å²) in [6, 6.07) is 4.63. The average molecular weight is 438 g/mol. The van der Waals surface area contributed by atoms with Crippen molar-refractivity contribution in [3.63, 3.8) is 0 Å². The van der Waals surface area contributed by atoms with E-state index >= 15 is 0 Å². The molecule has 0 atom stereocenters. The third-order valence-corrected chi connectivity index (χ3v) is 4.39. The van der Waals surface area contributed by atoms with Gasteiger partial charge in [-0.2, -0.15) is 22.0 Å². The average Bonchev–Trinajstić information content (AvgIpc) is 2.70. The van der Waals surface area contributed by atoms with Crippen molar-refractivity contribution in [2.45, 2.75) is 70.4 Å². The first-order valence-corrected chi connectivity index (χ1v) is 9.97. The molecule has 0 spiro atoms. The van der Waals surface area contributed by atoms with E-state index in [2.05, 4.69) is 11.7 Å². The minimum Gasteiger partial charge on any atom is -0.462 e. The largest absolute Gasteiger partial charge is 0.462 e. The summed E-state index contributed by atoms with van der Waals surface area (Å²) in [5.41, 5.74) is -0.126. The highest BCUT2D eigenvalue weighted by atomic mass is 19.4. The van der Waals surface area contributed by atoms with Gasteiger partial charge in [0.15, 0.2) is 6.61 Å². The zero-order chi connectivity index (χ0) is 22.6. The summed E-state index contributed by atoms with van der Waals surface area (Å²) >= 11 is 0. The lowest BCUT2D eigenvalue weighted by Crippen LogP contribution is -2.41. The molecule has 0 aliphatic rings. The lowest BCUT2D eigenvalue weighted by Gasteiger charge is -2.19. The molecule has 1 aromatic rings. The highest BCUT2D eigenvalue weighted by molar-refractivity contribution is 5.93. The van der Waals surface area contributed by atoms with Crippen LogP contribution in [-0.2, 0) is 9.47 Å². The minimum atomic E-state index is -5.81. The van der Waals surface area contributed by atoms with Crippen molar-refractivity contribution >= 4 is 11.9 Å². The molecule has 0 bridgehead atoms. The van der Waals surface area contributed by atoms with E-state index in [-0.39, 0.29) is 17.7 Å². The van der Waals surface area contributed by atoms with Gasteiger partial charge >= 0.3 is 24.0 Å². The van der Waals surface area contributed by atoms with Crippen LogP contribution >= 0.6 is 0 Å². The van der Waals surface area contributed by atoms with E-state index in [1.165, 1.54) is 37.8 Å². The predicted octanol–water partition coefficient (Wildman–Crippen LogP) is 6.34. The summed E-state index contributed by atoms with van der Waals surface area (Å²) in [5.74, 6) is -7.10. The second-order valence-corrected chi connectivity index (χ2v) is 6.97. The van der Waals surface area contributed by atoms with Crippen LogP contribution in [0.4, 0.5) is 22.0 Å². The number of carbonyl (C=O) groups is 2. The number of benzene rings is 1. The number of unbranched alkanes of at least 4 members (excludes halogenated alkanes) is 7. The maximum atomic E-state index is 12.8. The highest BCUT2D eigenvalue weighted by Gasteiger charge is 2.58. The SMILES string of the molecule is CCCCCCCCCCOC(=O)c1ccc(C(=O)OCC(F)(F)C(F)(F)F)cc1. The van der Waals surface area contributed by atoms with E-state index < -0.39 is 30.6 Å². The Morgan fingerprint density at radius 2 is 1.17 bits per heavy atom. The van der Waals surface area contributed by atoms with Crippen LogP contribution in [0.5, 0.6) is 0 Å². The maximum absolute atomic E-state index is 12.8. The Morgan fingerprint density at radius 1 is 0.733 bits per heavy atom.